The van der Waals surface area contributed by atoms with Crippen molar-refractivity contribution in [2.75, 3.05) is 19.8 Å². The molecule has 1 aromatic carbocycles. The number of hydrogen-bond donors (Lipinski definition) is 1. The number of halogens is 1. The maximum Gasteiger partial charge on any atom is 0.111 e. The molecule has 2 aliphatic rings. The molecule has 19 heavy (non-hydrogen) atoms. The zero-order valence-corrected chi connectivity index (χ0v) is 11.6. The summed E-state index contributed by atoms with van der Waals surface area (Å²) in [5.41, 5.74) is 4.55. The van der Waals surface area contributed by atoms with E-state index in [0.29, 0.717) is 18.2 Å². The maximum absolute atomic E-state index is 9.85. The summed E-state index contributed by atoms with van der Waals surface area (Å²) in [7, 11) is 0. The summed E-state index contributed by atoms with van der Waals surface area (Å²) >= 11 is 6.15. The summed E-state index contributed by atoms with van der Waals surface area (Å²) in [4.78, 5) is 0. The van der Waals surface area contributed by atoms with Crippen LogP contribution in [0.2, 0.25) is 5.02 Å². The standard InChI is InChI=1S/C15H17ClO3/c1-9-6-11(16)7-12(15-13(17)8-19-15)14(9)10-2-4-18-5-3-10/h2,6-7,13,15,17H,3-5,8H2,1H3. The molecule has 1 N–H and O–H groups in total. The maximum atomic E-state index is 9.85. The van der Waals surface area contributed by atoms with Crippen molar-refractivity contribution in [3.63, 3.8) is 0 Å². The quantitative estimate of drug-likeness (QED) is 0.905. The van der Waals surface area contributed by atoms with Crippen molar-refractivity contribution in [2.24, 2.45) is 0 Å². The second-order valence-electron chi connectivity index (χ2n) is 5.06. The number of aryl methyl sites for hydroxylation is 1. The van der Waals surface area contributed by atoms with Crippen molar-refractivity contribution in [3.8, 4) is 0 Å². The van der Waals surface area contributed by atoms with Gasteiger partial charge >= 0.3 is 0 Å². The molecule has 3 nitrogen and oxygen atoms in total. The fraction of sp³-hybridized carbons (Fsp3) is 0.467. The number of rotatable bonds is 2. The third-order valence-electron chi connectivity index (χ3n) is 3.72. The first-order valence-corrected chi connectivity index (χ1v) is 6.91. The van der Waals surface area contributed by atoms with Gasteiger partial charge in [0.05, 0.1) is 19.8 Å². The Bertz CT molecular complexity index is 524. The van der Waals surface area contributed by atoms with Crippen molar-refractivity contribution in [3.05, 3.63) is 39.9 Å². The van der Waals surface area contributed by atoms with E-state index in [1.807, 2.05) is 19.1 Å². The molecule has 0 spiro atoms. The first-order chi connectivity index (χ1) is 9.16. The van der Waals surface area contributed by atoms with Crippen molar-refractivity contribution >= 4 is 17.2 Å². The first-order valence-electron chi connectivity index (χ1n) is 6.53. The van der Waals surface area contributed by atoms with E-state index in [-0.39, 0.29) is 6.10 Å². The molecule has 0 aromatic heterocycles. The highest BCUT2D eigenvalue weighted by atomic mass is 35.5. The van der Waals surface area contributed by atoms with Gasteiger partial charge in [0.25, 0.3) is 0 Å². The average Bonchev–Trinajstić information content (AvgIpc) is 2.37. The molecule has 102 valence electrons. The van der Waals surface area contributed by atoms with E-state index in [9.17, 15) is 5.11 Å². The van der Waals surface area contributed by atoms with Gasteiger partial charge in [0.15, 0.2) is 0 Å². The van der Waals surface area contributed by atoms with E-state index in [4.69, 9.17) is 21.1 Å². The second kappa shape index (κ2) is 5.25. The molecule has 2 aliphatic heterocycles. The highest BCUT2D eigenvalue weighted by Gasteiger charge is 2.34. The van der Waals surface area contributed by atoms with E-state index in [0.717, 1.165) is 29.7 Å². The molecule has 3 rings (SSSR count). The van der Waals surface area contributed by atoms with Crippen molar-refractivity contribution in [1.82, 2.24) is 0 Å². The minimum atomic E-state index is -0.433. The predicted molar refractivity (Wildman–Crippen MR) is 74.3 cm³/mol. The van der Waals surface area contributed by atoms with Gasteiger partial charge in [-0.05, 0) is 47.7 Å². The van der Waals surface area contributed by atoms with Crippen LogP contribution in [-0.2, 0) is 9.47 Å². The van der Waals surface area contributed by atoms with Gasteiger partial charge in [-0.3, -0.25) is 0 Å². The van der Waals surface area contributed by atoms with Gasteiger partial charge in [-0.15, -0.1) is 0 Å². The topological polar surface area (TPSA) is 38.7 Å². The zero-order valence-electron chi connectivity index (χ0n) is 10.9. The average molecular weight is 281 g/mol. The fourth-order valence-electron chi connectivity index (χ4n) is 2.76. The Hall–Kier alpha value is -0.870. The van der Waals surface area contributed by atoms with Crippen molar-refractivity contribution in [2.45, 2.75) is 25.6 Å². The molecule has 0 saturated carbocycles. The molecular weight excluding hydrogens is 264 g/mol. The summed E-state index contributed by atoms with van der Waals surface area (Å²) in [6, 6.07) is 3.87. The molecular formula is C15H17ClO3. The Morgan fingerprint density at radius 1 is 1.37 bits per heavy atom. The van der Waals surface area contributed by atoms with Crippen LogP contribution in [0, 0.1) is 6.92 Å². The van der Waals surface area contributed by atoms with Crippen LogP contribution in [0.1, 0.15) is 29.2 Å². The fourth-order valence-corrected chi connectivity index (χ4v) is 3.04. The molecule has 2 unspecified atom stereocenters. The van der Waals surface area contributed by atoms with E-state index < -0.39 is 6.10 Å². The molecule has 0 radical (unpaired) electrons. The smallest absolute Gasteiger partial charge is 0.111 e. The molecule has 0 bridgehead atoms. The molecule has 4 heteroatoms. The lowest BCUT2D eigenvalue weighted by Crippen LogP contribution is -2.38. The molecule has 2 heterocycles. The second-order valence-corrected chi connectivity index (χ2v) is 5.50. The van der Waals surface area contributed by atoms with Gasteiger partial charge in [-0.25, -0.2) is 0 Å². The number of benzene rings is 1. The third kappa shape index (κ3) is 2.43. The van der Waals surface area contributed by atoms with Crippen LogP contribution in [0.25, 0.3) is 5.57 Å². The number of aliphatic hydroxyl groups is 1. The normalized spacial score (nSPS) is 26.8. The Labute approximate surface area is 117 Å². The Kier molecular flexibility index (Phi) is 3.63. The lowest BCUT2D eigenvalue weighted by molar-refractivity contribution is -0.165. The highest BCUT2D eigenvalue weighted by Crippen LogP contribution is 2.39. The van der Waals surface area contributed by atoms with Gasteiger partial charge in [0.1, 0.15) is 12.2 Å². The van der Waals surface area contributed by atoms with Crippen molar-refractivity contribution in [1.29, 1.82) is 0 Å². The zero-order chi connectivity index (χ0) is 13.4. The molecule has 1 aromatic rings. The van der Waals surface area contributed by atoms with Crippen LogP contribution in [0.5, 0.6) is 0 Å². The summed E-state index contributed by atoms with van der Waals surface area (Å²) in [5, 5.41) is 10.5. The molecule has 1 saturated heterocycles. The Morgan fingerprint density at radius 3 is 2.79 bits per heavy atom. The van der Waals surface area contributed by atoms with Crippen LogP contribution in [-0.4, -0.2) is 31.0 Å². The number of hydrogen-bond acceptors (Lipinski definition) is 3. The SMILES string of the molecule is Cc1cc(Cl)cc(C2OCC2O)c1C1=CCOCC1. The summed E-state index contributed by atoms with van der Waals surface area (Å²) in [6.45, 7) is 3.83. The van der Waals surface area contributed by atoms with Gasteiger partial charge in [-0.1, -0.05) is 17.7 Å². The van der Waals surface area contributed by atoms with Crippen LogP contribution >= 0.6 is 11.6 Å². The van der Waals surface area contributed by atoms with Crippen LogP contribution < -0.4 is 0 Å². The molecule has 2 atom stereocenters. The van der Waals surface area contributed by atoms with E-state index in [2.05, 4.69) is 6.08 Å². The van der Waals surface area contributed by atoms with E-state index in [1.165, 1.54) is 5.57 Å². The molecule has 0 amide bonds. The first kappa shape index (κ1) is 13.1. The van der Waals surface area contributed by atoms with Gasteiger partial charge in [0.2, 0.25) is 0 Å². The lowest BCUT2D eigenvalue weighted by atomic mass is 9.87. The number of ether oxygens (including phenoxy) is 2. The number of aliphatic hydroxyl groups excluding tert-OH is 1. The van der Waals surface area contributed by atoms with Gasteiger partial charge in [0, 0.05) is 5.02 Å². The Balaban J connectivity index is 2.08. The van der Waals surface area contributed by atoms with Crippen LogP contribution in [0.3, 0.4) is 0 Å². The summed E-state index contributed by atoms with van der Waals surface area (Å²) in [6.07, 6.45) is 2.31. The van der Waals surface area contributed by atoms with E-state index >= 15 is 0 Å². The molecule has 1 fully saturated rings. The highest BCUT2D eigenvalue weighted by molar-refractivity contribution is 6.30. The van der Waals surface area contributed by atoms with Gasteiger partial charge < -0.3 is 14.6 Å². The largest absolute Gasteiger partial charge is 0.388 e. The van der Waals surface area contributed by atoms with Gasteiger partial charge in [-0.2, -0.15) is 0 Å². The minimum absolute atomic E-state index is 0.254. The Morgan fingerprint density at radius 2 is 2.21 bits per heavy atom. The van der Waals surface area contributed by atoms with Crippen LogP contribution in [0.4, 0.5) is 0 Å². The van der Waals surface area contributed by atoms with Crippen LogP contribution in [0.15, 0.2) is 18.2 Å². The molecule has 0 aliphatic carbocycles. The third-order valence-corrected chi connectivity index (χ3v) is 3.94. The van der Waals surface area contributed by atoms with Crippen molar-refractivity contribution < 1.29 is 14.6 Å². The summed E-state index contributed by atoms with van der Waals surface area (Å²) < 4.78 is 10.9. The monoisotopic (exact) mass is 280 g/mol. The summed E-state index contributed by atoms with van der Waals surface area (Å²) in [5.74, 6) is 0. The minimum Gasteiger partial charge on any atom is -0.388 e. The predicted octanol–water partition coefficient (Wildman–Crippen LogP) is 2.88. The lowest BCUT2D eigenvalue weighted by Gasteiger charge is -2.35. The van der Waals surface area contributed by atoms with E-state index in [1.54, 1.807) is 0 Å².